The maximum atomic E-state index is 11.0. The molecule has 0 bridgehead atoms. The van der Waals surface area contributed by atoms with E-state index in [1.165, 1.54) is 5.56 Å². The second-order valence-corrected chi connectivity index (χ2v) is 4.39. The third-order valence-electron chi connectivity index (χ3n) is 2.33. The van der Waals surface area contributed by atoms with Crippen LogP contribution in [0.15, 0.2) is 53.9 Å². The molecule has 2 heteroatoms. The summed E-state index contributed by atoms with van der Waals surface area (Å²) in [4.78, 5) is 12.0. The first kappa shape index (κ1) is 10.8. The number of rotatable bonds is 4. The number of hydrogen-bond donors (Lipinski definition) is 0. The van der Waals surface area contributed by atoms with Crippen molar-refractivity contribution in [2.75, 3.05) is 0 Å². The molecule has 1 heterocycles. The van der Waals surface area contributed by atoms with Crippen molar-refractivity contribution in [2.45, 2.75) is 6.42 Å². The lowest BCUT2D eigenvalue weighted by Crippen LogP contribution is -1.85. The van der Waals surface area contributed by atoms with Gasteiger partial charge in [-0.15, -0.1) is 11.3 Å². The maximum Gasteiger partial charge on any atom is 0.151 e. The van der Waals surface area contributed by atoms with Crippen LogP contribution >= 0.6 is 11.3 Å². The van der Waals surface area contributed by atoms with Crippen molar-refractivity contribution in [3.8, 4) is 0 Å². The van der Waals surface area contributed by atoms with Gasteiger partial charge in [0, 0.05) is 10.5 Å². The van der Waals surface area contributed by atoms with Gasteiger partial charge < -0.3 is 0 Å². The van der Waals surface area contributed by atoms with Crippen LogP contribution in [0, 0.1) is 0 Å². The Balaban J connectivity index is 2.14. The van der Waals surface area contributed by atoms with E-state index in [9.17, 15) is 4.79 Å². The van der Waals surface area contributed by atoms with E-state index in [0.29, 0.717) is 0 Å². The van der Waals surface area contributed by atoms with Crippen molar-refractivity contribution >= 4 is 23.2 Å². The van der Waals surface area contributed by atoms with Crippen LogP contribution in [0.5, 0.6) is 0 Å². The molecule has 80 valence electrons. The highest BCUT2D eigenvalue weighted by atomic mass is 32.1. The van der Waals surface area contributed by atoms with Gasteiger partial charge in [0.15, 0.2) is 6.29 Å². The summed E-state index contributed by atoms with van der Waals surface area (Å²) in [5.74, 6) is 0. The fraction of sp³-hybridized carbons (Fsp3) is 0.0714. The molecule has 2 aromatic rings. The highest BCUT2D eigenvalue weighted by Crippen LogP contribution is 2.18. The Labute approximate surface area is 99.1 Å². The third kappa shape index (κ3) is 2.67. The van der Waals surface area contributed by atoms with Gasteiger partial charge in [-0.25, -0.2) is 0 Å². The summed E-state index contributed by atoms with van der Waals surface area (Å²) in [5.41, 5.74) is 2.00. The smallest absolute Gasteiger partial charge is 0.151 e. The quantitative estimate of drug-likeness (QED) is 0.577. The standard InChI is InChI=1S/C14H12OS/c15-11-13(14-7-4-10-16-14)9-8-12-5-2-1-3-6-12/h1-7,9-11H,8H2/b13-9+. The SMILES string of the molecule is O=C/C(=C\Cc1ccccc1)c1cccs1. The second-order valence-electron chi connectivity index (χ2n) is 3.44. The molecular weight excluding hydrogens is 216 g/mol. The summed E-state index contributed by atoms with van der Waals surface area (Å²) in [5, 5.41) is 1.98. The van der Waals surface area contributed by atoms with E-state index >= 15 is 0 Å². The number of allylic oxidation sites excluding steroid dienone is 2. The van der Waals surface area contributed by atoms with Gasteiger partial charge in [0.2, 0.25) is 0 Å². The summed E-state index contributed by atoms with van der Waals surface area (Å²) in [6.45, 7) is 0. The topological polar surface area (TPSA) is 17.1 Å². The van der Waals surface area contributed by atoms with Gasteiger partial charge in [-0.1, -0.05) is 42.5 Å². The first-order chi connectivity index (χ1) is 7.90. The molecule has 0 fully saturated rings. The third-order valence-corrected chi connectivity index (χ3v) is 3.25. The average Bonchev–Trinajstić information content (AvgIpc) is 2.85. The molecule has 2 rings (SSSR count). The largest absolute Gasteiger partial charge is 0.298 e. The molecule has 0 aliphatic heterocycles. The molecule has 0 aliphatic carbocycles. The molecule has 16 heavy (non-hydrogen) atoms. The van der Waals surface area contributed by atoms with E-state index in [0.717, 1.165) is 23.2 Å². The molecule has 0 unspecified atom stereocenters. The highest BCUT2D eigenvalue weighted by Gasteiger charge is 2.00. The lowest BCUT2D eigenvalue weighted by atomic mass is 10.1. The first-order valence-electron chi connectivity index (χ1n) is 5.13. The number of carbonyl (C=O) groups excluding carboxylic acids is 1. The minimum absolute atomic E-state index is 0.777. The van der Waals surface area contributed by atoms with Crippen LogP contribution in [0.3, 0.4) is 0 Å². The van der Waals surface area contributed by atoms with E-state index in [1.54, 1.807) is 11.3 Å². The van der Waals surface area contributed by atoms with Crippen molar-refractivity contribution in [3.63, 3.8) is 0 Å². The fourth-order valence-corrected chi connectivity index (χ4v) is 2.22. The monoisotopic (exact) mass is 228 g/mol. The van der Waals surface area contributed by atoms with Gasteiger partial charge in [-0.3, -0.25) is 4.79 Å². The predicted molar refractivity (Wildman–Crippen MR) is 68.5 cm³/mol. The van der Waals surface area contributed by atoms with Gasteiger partial charge in [0.25, 0.3) is 0 Å². The molecule has 0 saturated heterocycles. The summed E-state index contributed by atoms with van der Waals surface area (Å²) < 4.78 is 0. The van der Waals surface area contributed by atoms with E-state index in [1.807, 2.05) is 41.8 Å². The van der Waals surface area contributed by atoms with E-state index in [2.05, 4.69) is 12.1 Å². The van der Waals surface area contributed by atoms with Crippen molar-refractivity contribution in [1.29, 1.82) is 0 Å². The molecule has 0 amide bonds. The van der Waals surface area contributed by atoms with Crippen LogP contribution in [-0.4, -0.2) is 6.29 Å². The Morgan fingerprint density at radius 1 is 1.12 bits per heavy atom. The summed E-state index contributed by atoms with van der Waals surface area (Å²) in [6.07, 6.45) is 3.70. The van der Waals surface area contributed by atoms with Crippen molar-refractivity contribution < 1.29 is 4.79 Å². The van der Waals surface area contributed by atoms with Crippen LogP contribution < -0.4 is 0 Å². The first-order valence-corrected chi connectivity index (χ1v) is 6.01. The molecule has 1 aromatic carbocycles. The Morgan fingerprint density at radius 3 is 2.56 bits per heavy atom. The van der Waals surface area contributed by atoms with Crippen LogP contribution in [0.4, 0.5) is 0 Å². The van der Waals surface area contributed by atoms with Gasteiger partial charge in [0.05, 0.1) is 0 Å². The Hall–Kier alpha value is -1.67. The van der Waals surface area contributed by atoms with Crippen LogP contribution in [-0.2, 0) is 11.2 Å². The lowest BCUT2D eigenvalue weighted by Gasteiger charge is -1.97. The minimum atomic E-state index is 0.777. The molecule has 0 radical (unpaired) electrons. The normalized spacial score (nSPS) is 11.4. The van der Waals surface area contributed by atoms with Crippen LogP contribution in [0.1, 0.15) is 10.4 Å². The Morgan fingerprint density at radius 2 is 1.94 bits per heavy atom. The molecule has 1 aromatic heterocycles. The zero-order chi connectivity index (χ0) is 11.2. The Bertz CT molecular complexity index is 469. The predicted octanol–water partition coefficient (Wildman–Crippen LogP) is 3.57. The average molecular weight is 228 g/mol. The van der Waals surface area contributed by atoms with E-state index in [-0.39, 0.29) is 0 Å². The lowest BCUT2D eigenvalue weighted by molar-refractivity contribution is -0.103. The van der Waals surface area contributed by atoms with Gasteiger partial charge in [0.1, 0.15) is 0 Å². The molecule has 0 N–H and O–H groups in total. The Kier molecular flexibility index (Phi) is 3.67. The highest BCUT2D eigenvalue weighted by molar-refractivity contribution is 7.11. The fourth-order valence-electron chi connectivity index (χ4n) is 1.49. The number of aldehydes is 1. The molecule has 0 atom stereocenters. The number of carbonyl (C=O) groups is 1. The summed E-state index contributed by atoms with van der Waals surface area (Å²) >= 11 is 1.59. The summed E-state index contributed by atoms with van der Waals surface area (Å²) in [7, 11) is 0. The zero-order valence-electron chi connectivity index (χ0n) is 8.80. The van der Waals surface area contributed by atoms with Crippen molar-refractivity contribution in [3.05, 3.63) is 64.4 Å². The van der Waals surface area contributed by atoms with Crippen molar-refractivity contribution in [2.24, 2.45) is 0 Å². The van der Waals surface area contributed by atoms with Gasteiger partial charge >= 0.3 is 0 Å². The maximum absolute atomic E-state index is 11.0. The van der Waals surface area contributed by atoms with Crippen LogP contribution in [0.25, 0.3) is 5.57 Å². The van der Waals surface area contributed by atoms with E-state index in [4.69, 9.17) is 0 Å². The summed E-state index contributed by atoms with van der Waals surface area (Å²) in [6, 6.07) is 14.1. The number of hydrogen-bond acceptors (Lipinski definition) is 2. The van der Waals surface area contributed by atoms with Gasteiger partial charge in [-0.05, 0) is 23.4 Å². The number of benzene rings is 1. The molecule has 0 spiro atoms. The zero-order valence-corrected chi connectivity index (χ0v) is 9.61. The minimum Gasteiger partial charge on any atom is -0.298 e. The van der Waals surface area contributed by atoms with Gasteiger partial charge in [-0.2, -0.15) is 0 Å². The molecule has 1 nitrogen and oxygen atoms in total. The molecule has 0 aliphatic rings. The second kappa shape index (κ2) is 5.42. The van der Waals surface area contributed by atoms with Crippen molar-refractivity contribution in [1.82, 2.24) is 0 Å². The molecule has 0 saturated carbocycles. The molecular formula is C14H12OS. The van der Waals surface area contributed by atoms with Crippen LogP contribution in [0.2, 0.25) is 0 Å². The number of thiophene rings is 1. The van der Waals surface area contributed by atoms with E-state index < -0.39 is 0 Å².